The molecule has 7 nitrogen and oxygen atoms in total. The average Bonchev–Trinajstić information content (AvgIpc) is 2.77. The van der Waals surface area contributed by atoms with Crippen LogP contribution in [0, 0.1) is 5.82 Å². The Bertz CT molecular complexity index is 1220. The van der Waals surface area contributed by atoms with Crippen LogP contribution < -0.4 is 14.9 Å². The van der Waals surface area contributed by atoms with Crippen molar-refractivity contribution >= 4 is 27.4 Å². The van der Waals surface area contributed by atoms with Crippen molar-refractivity contribution < 1.29 is 30.8 Å². The van der Waals surface area contributed by atoms with Crippen molar-refractivity contribution in [2.75, 3.05) is 29.0 Å². The topological polar surface area (TPSA) is 91.4 Å². The number of anilines is 2. The lowest BCUT2D eigenvalue weighted by Gasteiger charge is -2.31. The number of piperidine rings is 1. The molecule has 0 radical (unpaired) electrons. The Morgan fingerprint density at radius 1 is 1.20 bits per heavy atom. The molecule has 1 unspecified atom stereocenters. The molecule has 1 saturated heterocycles. The highest BCUT2D eigenvalue weighted by Gasteiger charge is 2.34. The zero-order valence-electron chi connectivity index (χ0n) is 19.2. The van der Waals surface area contributed by atoms with E-state index >= 15 is 0 Å². The minimum absolute atomic E-state index is 0.0721. The van der Waals surface area contributed by atoms with Crippen molar-refractivity contribution in [1.29, 1.82) is 0 Å². The van der Waals surface area contributed by atoms with Gasteiger partial charge in [-0.25, -0.2) is 17.8 Å². The van der Waals surface area contributed by atoms with Crippen LogP contribution in [-0.2, 0) is 27.5 Å². The second-order valence-electron chi connectivity index (χ2n) is 8.47. The number of hydrogen-bond donors (Lipinski definition) is 2. The van der Waals surface area contributed by atoms with E-state index in [1.807, 2.05) is 4.72 Å². The molecule has 0 aliphatic carbocycles. The summed E-state index contributed by atoms with van der Waals surface area (Å²) >= 11 is 0. The molecule has 1 aliphatic rings. The zero-order valence-corrected chi connectivity index (χ0v) is 20.1. The lowest BCUT2D eigenvalue weighted by atomic mass is 9.99. The molecular weight excluding hydrogens is 488 g/mol. The molecule has 35 heavy (non-hydrogen) atoms. The molecule has 2 N–H and O–H groups in total. The Labute approximate surface area is 201 Å². The van der Waals surface area contributed by atoms with E-state index in [0.29, 0.717) is 37.1 Å². The van der Waals surface area contributed by atoms with E-state index in [1.165, 1.54) is 25.1 Å². The fraction of sp³-hybridized carbons (Fsp3) is 0.391. The lowest BCUT2D eigenvalue weighted by Crippen LogP contribution is -2.34. The summed E-state index contributed by atoms with van der Waals surface area (Å²) < 4.78 is 78.7. The fourth-order valence-electron chi connectivity index (χ4n) is 3.65. The minimum Gasteiger partial charge on any atom is -0.356 e. The molecule has 1 aromatic carbocycles. The van der Waals surface area contributed by atoms with E-state index in [2.05, 4.69) is 16.9 Å². The molecule has 0 spiro atoms. The number of carbonyl (C=O) groups is 1. The average molecular weight is 515 g/mol. The number of alkyl halides is 3. The third-order valence-corrected chi connectivity index (χ3v) is 6.24. The minimum atomic E-state index is -4.60. The highest BCUT2D eigenvalue weighted by atomic mass is 32.2. The van der Waals surface area contributed by atoms with Crippen molar-refractivity contribution in [3.8, 4) is 0 Å². The molecule has 1 aromatic heterocycles. The van der Waals surface area contributed by atoms with E-state index in [0.717, 1.165) is 24.0 Å². The predicted octanol–water partition coefficient (Wildman–Crippen LogP) is 4.19. The summed E-state index contributed by atoms with van der Waals surface area (Å²) in [6, 6.07) is 5.87. The predicted molar refractivity (Wildman–Crippen MR) is 125 cm³/mol. The first-order valence-corrected chi connectivity index (χ1v) is 12.7. The maximum atomic E-state index is 14.3. The molecule has 2 heterocycles. The summed E-state index contributed by atoms with van der Waals surface area (Å²) in [5.74, 6) is -1.97. The summed E-state index contributed by atoms with van der Waals surface area (Å²) in [7, 11) is -3.67. The largest absolute Gasteiger partial charge is 0.433 e. The number of halogens is 4. The summed E-state index contributed by atoms with van der Waals surface area (Å²) in [6.07, 6.45) is -2.44. The van der Waals surface area contributed by atoms with Crippen LogP contribution in [-0.4, -0.2) is 38.7 Å². The Balaban J connectivity index is 1.76. The number of nitrogens with one attached hydrogen (secondary N) is 2. The molecule has 1 aliphatic heterocycles. The van der Waals surface area contributed by atoms with Gasteiger partial charge in [-0.05, 0) is 43.5 Å². The Morgan fingerprint density at radius 3 is 2.43 bits per heavy atom. The normalized spacial score (nSPS) is 15.6. The highest BCUT2D eigenvalue weighted by Crippen LogP contribution is 2.32. The number of pyridine rings is 1. The van der Waals surface area contributed by atoms with Gasteiger partial charge in [-0.1, -0.05) is 24.3 Å². The Hall–Kier alpha value is -3.15. The Kier molecular flexibility index (Phi) is 7.73. The van der Waals surface area contributed by atoms with E-state index in [9.17, 15) is 30.8 Å². The van der Waals surface area contributed by atoms with Gasteiger partial charge in [0.1, 0.15) is 17.3 Å². The van der Waals surface area contributed by atoms with Crippen molar-refractivity contribution in [2.24, 2.45) is 0 Å². The number of hydrogen-bond acceptors (Lipinski definition) is 5. The standard InChI is InChI=1S/C23H26F4N4O3S/c1-14-8-10-31(11-9-14)21-17(5-7-20(29-21)23(25,26)27)13-28-22(32)15(2)16-4-6-19(18(24)12-16)30-35(3,33)34/h4-7,12,15,30H,1,8-11,13H2,2-3H3,(H,28,32). The van der Waals surface area contributed by atoms with Gasteiger partial charge < -0.3 is 10.2 Å². The molecule has 190 valence electrons. The molecule has 1 amide bonds. The van der Waals surface area contributed by atoms with Crippen LogP contribution in [0.25, 0.3) is 0 Å². The fourth-order valence-corrected chi connectivity index (χ4v) is 4.22. The number of benzene rings is 1. The van der Waals surface area contributed by atoms with Crippen LogP contribution in [0.3, 0.4) is 0 Å². The van der Waals surface area contributed by atoms with Gasteiger partial charge in [0.25, 0.3) is 0 Å². The van der Waals surface area contributed by atoms with Gasteiger partial charge in [-0.3, -0.25) is 9.52 Å². The molecule has 2 aromatic rings. The van der Waals surface area contributed by atoms with Crippen LogP contribution in [0.15, 0.2) is 42.5 Å². The number of sulfonamides is 1. The van der Waals surface area contributed by atoms with Gasteiger partial charge in [0, 0.05) is 25.2 Å². The van der Waals surface area contributed by atoms with Crippen LogP contribution in [0.2, 0.25) is 0 Å². The lowest BCUT2D eigenvalue weighted by molar-refractivity contribution is -0.141. The molecule has 3 rings (SSSR count). The number of nitrogens with zero attached hydrogens (tertiary/aromatic N) is 2. The van der Waals surface area contributed by atoms with Crippen molar-refractivity contribution in [3.63, 3.8) is 0 Å². The number of aromatic nitrogens is 1. The van der Waals surface area contributed by atoms with Gasteiger partial charge >= 0.3 is 6.18 Å². The van der Waals surface area contributed by atoms with E-state index in [1.54, 1.807) is 4.90 Å². The zero-order chi connectivity index (χ0) is 26.0. The molecule has 0 bridgehead atoms. The van der Waals surface area contributed by atoms with Crippen molar-refractivity contribution in [3.05, 3.63) is 65.1 Å². The van der Waals surface area contributed by atoms with Crippen LogP contribution in [0.5, 0.6) is 0 Å². The quantitative estimate of drug-likeness (QED) is 0.427. The summed E-state index contributed by atoms with van der Waals surface area (Å²) in [5, 5.41) is 2.68. The third-order valence-electron chi connectivity index (χ3n) is 5.65. The van der Waals surface area contributed by atoms with Gasteiger partial charge in [-0.15, -0.1) is 0 Å². The van der Waals surface area contributed by atoms with Gasteiger partial charge in [0.2, 0.25) is 15.9 Å². The van der Waals surface area contributed by atoms with E-state index in [-0.39, 0.29) is 18.1 Å². The smallest absolute Gasteiger partial charge is 0.356 e. The molecule has 0 saturated carbocycles. The highest BCUT2D eigenvalue weighted by molar-refractivity contribution is 7.92. The first kappa shape index (κ1) is 26.5. The molecule has 1 atom stereocenters. The van der Waals surface area contributed by atoms with Gasteiger partial charge in [0.15, 0.2) is 0 Å². The van der Waals surface area contributed by atoms with Crippen molar-refractivity contribution in [1.82, 2.24) is 10.3 Å². The molecular formula is C23H26F4N4O3S. The van der Waals surface area contributed by atoms with Gasteiger partial charge in [0.05, 0.1) is 17.9 Å². The first-order chi connectivity index (χ1) is 16.2. The monoisotopic (exact) mass is 514 g/mol. The van der Waals surface area contributed by atoms with Crippen LogP contribution in [0.4, 0.5) is 29.1 Å². The van der Waals surface area contributed by atoms with Crippen LogP contribution >= 0.6 is 0 Å². The SMILES string of the molecule is C=C1CCN(c2nc(C(F)(F)F)ccc2CNC(=O)C(C)c2ccc(NS(C)(=O)=O)c(F)c2)CC1. The molecule has 12 heteroatoms. The second-order valence-corrected chi connectivity index (χ2v) is 10.2. The van der Waals surface area contributed by atoms with Gasteiger partial charge in [-0.2, -0.15) is 13.2 Å². The third kappa shape index (κ3) is 6.93. The maximum Gasteiger partial charge on any atom is 0.433 e. The molecule has 1 fully saturated rings. The summed E-state index contributed by atoms with van der Waals surface area (Å²) in [6.45, 7) is 6.32. The summed E-state index contributed by atoms with van der Waals surface area (Å²) in [4.78, 5) is 18.3. The number of carbonyl (C=O) groups excluding carboxylic acids is 1. The number of rotatable bonds is 7. The maximum absolute atomic E-state index is 14.3. The van der Waals surface area contributed by atoms with E-state index in [4.69, 9.17) is 0 Å². The van der Waals surface area contributed by atoms with E-state index < -0.39 is 39.5 Å². The van der Waals surface area contributed by atoms with Crippen molar-refractivity contribution in [2.45, 2.75) is 38.4 Å². The summed E-state index contributed by atoms with van der Waals surface area (Å²) in [5.41, 5.74) is 0.485. The first-order valence-electron chi connectivity index (χ1n) is 10.8. The second kappa shape index (κ2) is 10.2. The van der Waals surface area contributed by atoms with Crippen LogP contribution in [0.1, 0.15) is 42.5 Å². The Morgan fingerprint density at radius 2 is 1.86 bits per heavy atom. The number of amides is 1.